The first-order valence-electron chi connectivity index (χ1n) is 13.2. The van der Waals surface area contributed by atoms with Crippen LogP contribution in [0.5, 0.6) is 5.75 Å². The number of rotatable bonds is 8. The number of Topliss-reactive ketones (excluding diaryl/α,β-unsaturated/α-hetero) is 1. The lowest BCUT2D eigenvalue weighted by Crippen LogP contribution is -2.29. The highest BCUT2D eigenvalue weighted by atomic mass is 35.5. The number of amides is 1. The molecule has 4 aromatic rings. The maximum atomic E-state index is 13.5. The summed E-state index contributed by atoms with van der Waals surface area (Å²) in [5.74, 6) is -2.09. The molecule has 5 rings (SSSR count). The highest BCUT2D eigenvalue weighted by Crippen LogP contribution is 2.44. The predicted molar refractivity (Wildman–Crippen MR) is 161 cm³/mol. The van der Waals surface area contributed by atoms with Crippen molar-refractivity contribution in [2.75, 3.05) is 11.5 Å². The monoisotopic (exact) mass is 602 g/mol. The molecule has 1 saturated heterocycles. The fourth-order valence-corrected chi connectivity index (χ4v) is 5.81. The molecular formula is C32H27ClN2O6S. The second kappa shape index (κ2) is 12.2. The molecular weight excluding hydrogens is 576 g/mol. The van der Waals surface area contributed by atoms with E-state index in [9.17, 15) is 19.5 Å². The molecule has 0 bridgehead atoms. The zero-order valence-electron chi connectivity index (χ0n) is 23.1. The Morgan fingerprint density at radius 2 is 1.76 bits per heavy atom. The van der Waals surface area contributed by atoms with Crippen LogP contribution in [0, 0.1) is 13.8 Å². The van der Waals surface area contributed by atoms with Crippen LogP contribution in [0.4, 0.5) is 5.13 Å². The summed E-state index contributed by atoms with van der Waals surface area (Å²) in [6, 6.07) is 20.2. The average molecular weight is 603 g/mol. The Morgan fingerprint density at radius 1 is 1.05 bits per heavy atom. The van der Waals surface area contributed by atoms with Crippen molar-refractivity contribution in [3.63, 3.8) is 0 Å². The van der Waals surface area contributed by atoms with Crippen molar-refractivity contribution in [3.05, 3.63) is 116 Å². The molecule has 214 valence electrons. The third kappa shape index (κ3) is 5.79. The van der Waals surface area contributed by atoms with Crippen molar-refractivity contribution in [2.45, 2.75) is 33.4 Å². The Balaban J connectivity index is 1.52. The van der Waals surface area contributed by atoms with Gasteiger partial charge in [-0.05, 0) is 68.3 Å². The van der Waals surface area contributed by atoms with Gasteiger partial charge in [0.15, 0.2) is 5.13 Å². The van der Waals surface area contributed by atoms with Crippen LogP contribution in [0.3, 0.4) is 0 Å². The van der Waals surface area contributed by atoms with E-state index in [1.807, 2.05) is 31.2 Å². The third-order valence-corrected chi connectivity index (χ3v) is 8.09. The van der Waals surface area contributed by atoms with E-state index in [1.165, 1.54) is 4.90 Å². The van der Waals surface area contributed by atoms with Gasteiger partial charge in [-0.1, -0.05) is 64.9 Å². The molecule has 1 aliphatic rings. The molecule has 0 spiro atoms. The van der Waals surface area contributed by atoms with Crippen molar-refractivity contribution in [3.8, 4) is 5.75 Å². The quantitative estimate of drug-likeness (QED) is 0.102. The number of halogens is 1. The lowest BCUT2D eigenvalue weighted by molar-refractivity contribution is -0.132. The van der Waals surface area contributed by atoms with Gasteiger partial charge in [-0.15, -0.1) is 0 Å². The van der Waals surface area contributed by atoms with Crippen LogP contribution in [-0.2, 0) is 20.9 Å². The van der Waals surface area contributed by atoms with Crippen LogP contribution in [-0.4, -0.2) is 34.4 Å². The highest BCUT2D eigenvalue weighted by molar-refractivity contribution is 7.17. The number of carbonyl (C=O) groups is 3. The summed E-state index contributed by atoms with van der Waals surface area (Å²) in [5, 5.41) is 12.0. The van der Waals surface area contributed by atoms with Crippen molar-refractivity contribution in [2.24, 2.45) is 0 Å². The summed E-state index contributed by atoms with van der Waals surface area (Å²) in [6.45, 7) is 5.88. The first-order chi connectivity index (χ1) is 20.2. The van der Waals surface area contributed by atoms with Crippen molar-refractivity contribution in [1.82, 2.24) is 4.98 Å². The average Bonchev–Trinajstić information content (AvgIpc) is 3.48. The number of anilines is 1. The predicted octanol–water partition coefficient (Wildman–Crippen LogP) is 6.80. The molecule has 0 aliphatic carbocycles. The minimum Gasteiger partial charge on any atom is -0.507 e. The summed E-state index contributed by atoms with van der Waals surface area (Å²) in [4.78, 5) is 45.2. The van der Waals surface area contributed by atoms with E-state index < -0.39 is 23.7 Å². The molecule has 3 aromatic carbocycles. The minimum absolute atomic E-state index is 0.110. The van der Waals surface area contributed by atoms with E-state index in [1.54, 1.807) is 62.4 Å². The molecule has 42 heavy (non-hydrogen) atoms. The number of hydrogen-bond donors (Lipinski definition) is 1. The molecule has 1 atom stereocenters. The number of hydrogen-bond acceptors (Lipinski definition) is 8. The molecule has 1 unspecified atom stereocenters. The number of carbonyl (C=O) groups excluding carboxylic acids is 3. The molecule has 1 amide bonds. The molecule has 0 radical (unpaired) electrons. The highest BCUT2D eigenvalue weighted by Gasteiger charge is 2.48. The fraction of sp³-hybridized carbons (Fsp3) is 0.188. The number of aliphatic hydroxyl groups is 1. The smallest absolute Gasteiger partial charge is 0.350 e. The third-order valence-electron chi connectivity index (χ3n) is 6.70. The van der Waals surface area contributed by atoms with Gasteiger partial charge in [-0.2, -0.15) is 0 Å². The summed E-state index contributed by atoms with van der Waals surface area (Å²) in [6.07, 6.45) is 0. The van der Waals surface area contributed by atoms with E-state index in [4.69, 9.17) is 21.1 Å². The molecule has 8 nitrogen and oxygen atoms in total. The summed E-state index contributed by atoms with van der Waals surface area (Å²) in [5.41, 5.74) is 3.27. The van der Waals surface area contributed by atoms with Crippen LogP contribution in [0.1, 0.15) is 50.6 Å². The number of aliphatic hydroxyl groups excluding tert-OH is 1. The first-order valence-corrected chi connectivity index (χ1v) is 14.4. The second-order valence-corrected chi connectivity index (χ2v) is 11.1. The lowest BCUT2D eigenvalue weighted by atomic mass is 9.95. The zero-order valence-corrected chi connectivity index (χ0v) is 24.7. The Hall–Kier alpha value is -4.47. The van der Waals surface area contributed by atoms with Crippen molar-refractivity contribution in [1.29, 1.82) is 0 Å². The van der Waals surface area contributed by atoms with Crippen LogP contribution in [0.2, 0.25) is 5.02 Å². The molecule has 1 aromatic heterocycles. The van der Waals surface area contributed by atoms with Gasteiger partial charge in [0.25, 0.3) is 5.78 Å². The second-order valence-electron chi connectivity index (χ2n) is 9.65. The van der Waals surface area contributed by atoms with Gasteiger partial charge >= 0.3 is 11.9 Å². The number of nitrogens with zero attached hydrogens (tertiary/aromatic N) is 2. The van der Waals surface area contributed by atoms with Gasteiger partial charge in [0, 0.05) is 10.6 Å². The molecule has 1 aliphatic heterocycles. The van der Waals surface area contributed by atoms with Gasteiger partial charge in [0.2, 0.25) is 0 Å². The largest absolute Gasteiger partial charge is 0.507 e. The fourth-order valence-electron chi connectivity index (χ4n) is 4.69. The number of aromatic nitrogens is 1. The normalized spacial score (nSPS) is 16.1. The Labute approximate surface area is 251 Å². The van der Waals surface area contributed by atoms with Crippen molar-refractivity contribution < 1.29 is 29.0 Å². The number of esters is 1. The number of aryl methyl sites for hydroxylation is 2. The lowest BCUT2D eigenvalue weighted by Gasteiger charge is -2.23. The molecule has 10 heteroatoms. The van der Waals surface area contributed by atoms with Gasteiger partial charge in [0.1, 0.15) is 23.0 Å². The van der Waals surface area contributed by atoms with Gasteiger partial charge in [0.05, 0.1) is 23.9 Å². The van der Waals surface area contributed by atoms with Crippen LogP contribution in [0.25, 0.3) is 5.76 Å². The number of ether oxygens (including phenoxy) is 2. The SMILES string of the molecule is CCOC(=O)c1sc(N2C(=O)C(=O)C(=C(O)c3ccc(OCc4cccc(C)c4)cc3)C2c2ccc(Cl)cc2)nc1C. The van der Waals surface area contributed by atoms with E-state index in [0.717, 1.165) is 22.5 Å². The van der Waals surface area contributed by atoms with E-state index in [-0.39, 0.29) is 27.9 Å². The van der Waals surface area contributed by atoms with Gasteiger partial charge in [-0.3, -0.25) is 14.5 Å². The summed E-state index contributed by atoms with van der Waals surface area (Å²) >= 11 is 7.07. The number of ketones is 1. The standard InChI is InChI=1S/C32H27ClN2O6S/c1-4-40-31(39)29-19(3)34-32(42-29)35-26(21-8-12-23(33)13-9-21)25(28(37)30(35)38)27(36)22-10-14-24(15-11-22)41-17-20-7-5-6-18(2)16-20/h5-16,26,36H,4,17H2,1-3H3. The summed E-state index contributed by atoms with van der Waals surface area (Å²) < 4.78 is 11.0. The molecule has 1 N–H and O–H groups in total. The maximum absolute atomic E-state index is 13.5. The van der Waals surface area contributed by atoms with Crippen LogP contribution < -0.4 is 9.64 Å². The number of benzene rings is 3. The molecule has 1 fully saturated rings. The molecule has 2 heterocycles. The van der Waals surface area contributed by atoms with E-state index in [2.05, 4.69) is 4.98 Å². The van der Waals surface area contributed by atoms with Crippen molar-refractivity contribution >= 4 is 51.5 Å². The van der Waals surface area contributed by atoms with Gasteiger partial charge < -0.3 is 14.6 Å². The van der Waals surface area contributed by atoms with Gasteiger partial charge in [-0.25, -0.2) is 9.78 Å². The van der Waals surface area contributed by atoms with E-state index in [0.29, 0.717) is 34.2 Å². The van der Waals surface area contributed by atoms with Crippen LogP contribution in [0.15, 0.2) is 78.4 Å². The maximum Gasteiger partial charge on any atom is 0.350 e. The van der Waals surface area contributed by atoms with E-state index >= 15 is 0 Å². The molecule has 0 saturated carbocycles. The number of thiazole rings is 1. The minimum atomic E-state index is -1.01. The Kier molecular flexibility index (Phi) is 8.42. The zero-order chi connectivity index (χ0) is 30.0. The Morgan fingerprint density at radius 3 is 2.43 bits per heavy atom. The Bertz CT molecular complexity index is 1690. The summed E-state index contributed by atoms with van der Waals surface area (Å²) in [7, 11) is 0. The van der Waals surface area contributed by atoms with Crippen LogP contribution >= 0.6 is 22.9 Å². The first kappa shape index (κ1) is 29.0. The topological polar surface area (TPSA) is 106 Å².